The maximum Gasteiger partial charge on any atom is 0.243 e. The van der Waals surface area contributed by atoms with Crippen molar-refractivity contribution in [1.82, 2.24) is 10.3 Å². The molecule has 1 aromatic heterocycles. The summed E-state index contributed by atoms with van der Waals surface area (Å²) < 4.78 is 0. The molecule has 2 heterocycles. The van der Waals surface area contributed by atoms with Gasteiger partial charge in [0, 0.05) is 17.6 Å². The van der Waals surface area contributed by atoms with E-state index in [0.717, 1.165) is 17.8 Å². The number of aryl methyl sites for hydroxylation is 1. The summed E-state index contributed by atoms with van der Waals surface area (Å²) in [7, 11) is 0. The molecule has 0 bridgehead atoms. The summed E-state index contributed by atoms with van der Waals surface area (Å²) in [6.45, 7) is 2.72. The molecule has 1 atom stereocenters. The molecule has 1 aliphatic heterocycles. The van der Waals surface area contributed by atoms with Gasteiger partial charge in [-0.3, -0.25) is 4.79 Å². The topological polar surface area (TPSA) is 54.0 Å². The quantitative estimate of drug-likeness (QED) is 0.896. The minimum absolute atomic E-state index is 0. The van der Waals surface area contributed by atoms with Crippen molar-refractivity contribution in [2.45, 2.75) is 25.9 Å². The summed E-state index contributed by atoms with van der Waals surface area (Å²) >= 11 is 1.49. The van der Waals surface area contributed by atoms with Crippen LogP contribution in [0, 0.1) is 6.92 Å². The zero-order valence-electron chi connectivity index (χ0n) is 11.1. The molecular weight excluding hydrogens is 294 g/mol. The predicted molar refractivity (Wildman–Crippen MR) is 83.5 cm³/mol. The van der Waals surface area contributed by atoms with Crippen LogP contribution in [-0.2, 0) is 17.8 Å². The number of hydrogen-bond donors (Lipinski definition) is 2. The number of anilines is 1. The number of nitrogens with zero attached hydrogens (tertiary/aromatic N) is 1. The molecular formula is C14H16ClN3OS. The highest BCUT2D eigenvalue weighted by atomic mass is 35.5. The van der Waals surface area contributed by atoms with Gasteiger partial charge >= 0.3 is 0 Å². The SMILES string of the molecule is Cc1cnc(NC(=O)C2Cc3ccccc3CN2)s1.Cl. The smallest absolute Gasteiger partial charge is 0.243 e. The first-order valence-electron chi connectivity index (χ1n) is 6.26. The molecule has 2 N–H and O–H groups in total. The Morgan fingerprint density at radius 1 is 1.40 bits per heavy atom. The second-order valence-corrected chi connectivity index (χ2v) is 5.91. The molecule has 1 aliphatic rings. The summed E-state index contributed by atoms with van der Waals surface area (Å²) in [5.41, 5.74) is 2.52. The lowest BCUT2D eigenvalue weighted by Crippen LogP contribution is -2.44. The van der Waals surface area contributed by atoms with Gasteiger partial charge in [0.2, 0.25) is 5.91 Å². The molecule has 2 aromatic rings. The van der Waals surface area contributed by atoms with E-state index in [0.29, 0.717) is 5.13 Å². The predicted octanol–water partition coefficient (Wildman–Crippen LogP) is 2.53. The molecule has 106 valence electrons. The van der Waals surface area contributed by atoms with E-state index in [9.17, 15) is 4.79 Å². The number of nitrogens with one attached hydrogen (secondary N) is 2. The van der Waals surface area contributed by atoms with Crippen molar-refractivity contribution in [1.29, 1.82) is 0 Å². The van der Waals surface area contributed by atoms with Crippen molar-refractivity contribution in [3.05, 3.63) is 46.5 Å². The first-order chi connectivity index (χ1) is 9.22. The molecule has 0 radical (unpaired) electrons. The van der Waals surface area contributed by atoms with Crippen LogP contribution in [0.1, 0.15) is 16.0 Å². The monoisotopic (exact) mass is 309 g/mol. The van der Waals surface area contributed by atoms with E-state index in [1.165, 1.54) is 22.5 Å². The van der Waals surface area contributed by atoms with Crippen molar-refractivity contribution in [3.8, 4) is 0 Å². The van der Waals surface area contributed by atoms with Gasteiger partial charge in [0.25, 0.3) is 0 Å². The minimum atomic E-state index is -0.181. The van der Waals surface area contributed by atoms with Crippen LogP contribution in [0.4, 0.5) is 5.13 Å². The molecule has 4 nitrogen and oxygen atoms in total. The molecule has 6 heteroatoms. The van der Waals surface area contributed by atoms with Crippen molar-refractivity contribution in [2.75, 3.05) is 5.32 Å². The van der Waals surface area contributed by atoms with E-state index in [1.807, 2.05) is 19.1 Å². The van der Waals surface area contributed by atoms with Gasteiger partial charge < -0.3 is 10.6 Å². The Morgan fingerprint density at radius 2 is 2.15 bits per heavy atom. The fourth-order valence-electron chi connectivity index (χ4n) is 2.24. The van der Waals surface area contributed by atoms with Crippen molar-refractivity contribution in [3.63, 3.8) is 0 Å². The first kappa shape index (κ1) is 15.0. The van der Waals surface area contributed by atoms with Gasteiger partial charge in [0.05, 0.1) is 6.04 Å². The van der Waals surface area contributed by atoms with Crippen molar-refractivity contribution in [2.24, 2.45) is 0 Å². The van der Waals surface area contributed by atoms with Crippen LogP contribution in [0.3, 0.4) is 0 Å². The fourth-order valence-corrected chi connectivity index (χ4v) is 2.91. The van der Waals surface area contributed by atoms with Crippen molar-refractivity contribution < 1.29 is 4.79 Å². The lowest BCUT2D eigenvalue weighted by Gasteiger charge is -2.24. The van der Waals surface area contributed by atoms with Crippen LogP contribution < -0.4 is 10.6 Å². The largest absolute Gasteiger partial charge is 0.301 e. The number of rotatable bonds is 2. The molecule has 20 heavy (non-hydrogen) atoms. The molecule has 1 amide bonds. The highest BCUT2D eigenvalue weighted by Gasteiger charge is 2.24. The van der Waals surface area contributed by atoms with Crippen LogP contribution in [-0.4, -0.2) is 16.9 Å². The Balaban J connectivity index is 0.00000147. The summed E-state index contributed by atoms with van der Waals surface area (Å²) in [5.74, 6) is -0.0103. The highest BCUT2D eigenvalue weighted by Crippen LogP contribution is 2.19. The molecule has 0 saturated heterocycles. The lowest BCUT2D eigenvalue weighted by molar-refractivity contribution is -0.118. The maximum absolute atomic E-state index is 12.2. The summed E-state index contributed by atoms with van der Waals surface area (Å²) in [5, 5.41) is 6.81. The minimum Gasteiger partial charge on any atom is -0.301 e. The van der Waals surface area contributed by atoms with E-state index >= 15 is 0 Å². The molecule has 3 rings (SSSR count). The first-order valence-corrected chi connectivity index (χ1v) is 7.07. The normalized spacial score (nSPS) is 16.9. The molecule has 0 spiro atoms. The van der Waals surface area contributed by atoms with Crippen LogP contribution in [0.25, 0.3) is 0 Å². The number of hydrogen-bond acceptors (Lipinski definition) is 4. The second kappa shape index (κ2) is 6.35. The van der Waals surface area contributed by atoms with Gasteiger partial charge in [-0.15, -0.1) is 23.7 Å². The Bertz CT molecular complexity index is 614. The zero-order valence-corrected chi connectivity index (χ0v) is 12.7. The average Bonchev–Trinajstić information content (AvgIpc) is 2.83. The summed E-state index contributed by atoms with van der Waals surface area (Å²) in [6.07, 6.45) is 2.50. The number of amides is 1. The van der Waals surface area contributed by atoms with E-state index in [4.69, 9.17) is 0 Å². The van der Waals surface area contributed by atoms with Gasteiger partial charge in [-0.1, -0.05) is 24.3 Å². The average molecular weight is 310 g/mol. The van der Waals surface area contributed by atoms with Crippen LogP contribution in [0.5, 0.6) is 0 Å². The number of benzene rings is 1. The van der Waals surface area contributed by atoms with Gasteiger partial charge in [-0.05, 0) is 24.5 Å². The Labute approximate surface area is 128 Å². The molecule has 1 unspecified atom stereocenters. The Kier molecular flexibility index (Phi) is 4.75. The highest BCUT2D eigenvalue weighted by molar-refractivity contribution is 7.15. The van der Waals surface area contributed by atoms with Gasteiger partial charge in [-0.25, -0.2) is 4.98 Å². The second-order valence-electron chi connectivity index (χ2n) is 4.67. The number of fused-ring (bicyclic) bond motifs is 1. The summed E-state index contributed by atoms with van der Waals surface area (Å²) in [6, 6.07) is 8.05. The lowest BCUT2D eigenvalue weighted by atomic mass is 9.95. The van der Waals surface area contributed by atoms with E-state index in [-0.39, 0.29) is 24.4 Å². The third-order valence-electron chi connectivity index (χ3n) is 3.25. The number of carbonyl (C=O) groups excluding carboxylic acids is 1. The number of carbonyl (C=O) groups is 1. The van der Waals surface area contributed by atoms with E-state index in [1.54, 1.807) is 6.20 Å². The van der Waals surface area contributed by atoms with Crippen LogP contribution >= 0.6 is 23.7 Å². The van der Waals surface area contributed by atoms with Crippen LogP contribution in [0.2, 0.25) is 0 Å². The summed E-state index contributed by atoms with van der Waals surface area (Å²) in [4.78, 5) is 17.4. The van der Waals surface area contributed by atoms with Crippen molar-refractivity contribution >= 4 is 34.8 Å². The molecule has 0 fully saturated rings. The van der Waals surface area contributed by atoms with Gasteiger partial charge in [-0.2, -0.15) is 0 Å². The third kappa shape index (κ3) is 3.17. The van der Waals surface area contributed by atoms with E-state index < -0.39 is 0 Å². The van der Waals surface area contributed by atoms with Gasteiger partial charge in [0.15, 0.2) is 5.13 Å². The third-order valence-corrected chi connectivity index (χ3v) is 4.08. The van der Waals surface area contributed by atoms with E-state index in [2.05, 4.69) is 27.8 Å². The molecule has 0 saturated carbocycles. The maximum atomic E-state index is 12.2. The van der Waals surface area contributed by atoms with Crippen LogP contribution in [0.15, 0.2) is 30.5 Å². The fraction of sp³-hybridized carbons (Fsp3) is 0.286. The van der Waals surface area contributed by atoms with Gasteiger partial charge in [0.1, 0.15) is 0 Å². The number of halogens is 1. The molecule has 1 aromatic carbocycles. The zero-order chi connectivity index (χ0) is 13.2. The Hall–Kier alpha value is -1.43. The number of thiazole rings is 1. The standard InChI is InChI=1S/C14H15N3OS.ClH/c1-9-7-16-14(19-9)17-13(18)12-6-10-4-2-3-5-11(10)8-15-12;/h2-5,7,12,15H,6,8H2,1H3,(H,16,17,18);1H. The molecule has 0 aliphatic carbocycles. The Morgan fingerprint density at radius 3 is 2.85 bits per heavy atom. The number of aromatic nitrogens is 1.